The molecule has 3 aliphatic rings. The summed E-state index contributed by atoms with van der Waals surface area (Å²) in [4.78, 5) is 26.9. The summed E-state index contributed by atoms with van der Waals surface area (Å²) in [6.45, 7) is 1.34. The van der Waals surface area contributed by atoms with Crippen LogP contribution in [0.15, 0.2) is 6.07 Å². The van der Waals surface area contributed by atoms with E-state index in [9.17, 15) is 9.59 Å². The number of carbonyl (C=O) groups excluding carboxylic acids is 2. The number of aromatic nitrogens is 2. The van der Waals surface area contributed by atoms with Gasteiger partial charge in [-0.25, -0.2) is 0 Å². The van der Waals surface area contributed by atoms with E-state index < -0.39 is 0 Å². The molecule has 25 heavy (non-hydrogen) atoms. The fraction of sp³-hybridized carbons (Fsp3) is 0.737. The van der Waals surface area contributed by atoms with Gasteiger partial charge in [-0.15, -0.1) is 0 Å². The van der Waals surface area contributed by atoms with Gasteiger partial charge in [0, 0.05) is 32.0 Å². The first-order valence-electron chi connectivity index (χ1n) is 9.73. The van der Waals surface area contributed by atoms with Gasteiger partial charge in [0.15, 0.2) is 0 Å². The Labute approximate surface area is 148 Å². The van der Waals surface area contributed by atoms with Crippen molar-refractivity contribution >= 4 is 11.8 Å². The first kappa shape index (κ1) is 16.6. The van der Waals surface area contributed by atoms with Crippen LogP contribution in [0.2, 0.25) is 0 Å². The highest BCUT2D eigenvalue weighted by molar-refractivity contribution is 5.82. The van der Waals surface area contributed by atoms with Crippen molar-refractivity contribution in [2.24, 2.45) is 13.0 Å². The highest BCUT2D eigenvalue weighted by Crippen LogP contribution is 2.39. The van der Waals surface area contributed by atoms with Crippen molar-refractivity contribution in [1.82, 2.24) is 20.0 Å². The minimum Gasteiger partial charge on any atom is -0.350 e. The molecule has 2 aliphatic carbocycles. The molecule has 0 radical (unpaired) electrons. The smallest absolute Gasteiger partial charge is 0.225 e. The lowest BCUT2D eigenvalue weighted by Crippen LogP contribution is -2.49. The summed E-state index contributed by atoms with van der Waals surface area (Å²) in [5, 5.41) is 7.68. The molecular formula is C19H28N4O2. The minimum atomic E-state index is -0.0630. The second-order valence-corrected chi connectivity index (χ2v) is 7.83. The average molecular weight is 344 g/mol. The van der Waals surface area contributed by atoms with Crippen LogP contribution in [0.4, 0.5) is 0 Å². The lowest BCUT2D eigenvalue weighted by Gasteiger charge is -2.37. The molecule has 0 aromatic carbocycles. The van der Waals surface area contributed by atoms with Crippen molar-refractivity contribution in [3.05, 3.63) is 17.5 Å². The number of carbonyl (C=O) groups is 2. The number of hydrogen-bond acceptors (Lipinski definition) is 3. The second-order valence-electron chi connectivity index (χ2n) is 7.83. The van der Waals surface area contributed by atoms with Gasteiger partial charge in [0.1, 0.15) is 0 Å². The fourth-order valence-electron chi connectivity index (χ4n) is 4.39. The van der Waals surface area contributed by atoms with Crippen LogP contribution in [0.25, 0.3) is 0 Å². The monoisotopic (exact) mass is 344 g/mol. The Morgan fingerprint density at radius 3 is 2.76 bits per heavy atom. The van der Waals surface area contributed by atoms with Gasteiger partial charge in [-0.2, -0.15) is 5.10 Å². The molecule has 0 spiro atoms. The molecule has 0 bridgehead atoms. The lowest BCUT2D eigenvalue weighted by atomic mass is 9.83. The number of nitrogens with one attached hydrogen (secondary N) is 1. The fourth-order valence-corrected chi connectivity index (χ4v) is 4.39. The summed E-state index contributed by atoms with van der Waals surface area (Å²) < 4.78 is 1.89. The molecule has 2 amide bonds. The van der Waals surface area contributed by atoms with E-state index in [4.69, 9.17) is 0 Å². The predicted octanol–water partition coefficient (Wildman–Crippen LogP) is 2.09. The zero-order chi connectivity index (χ0) is 17.4. The number of nitrogens with zero attached hydrogens (tertiary/aromatic N) is 3. The standard InChI is InChI=1S/C19H28N4O2/c1-22-14(11-16(21-22)13-8-9-13)12-20-19(25)15-5-2-3-6-17(15)23-10-4-7-18(23)24/h11,13,15,17H,2-10,12H2,1H3,(H,20,25)/t15-,17+/m1/s1. The Morgan fingerprint density at radius 1 is 1.24 bits per heavy atom. The zero-order valence-electron chi connectivity index (χ0n) is 15.0. The van der Waals surface area contributed by atoms with Gasteiger partial charge in [-0.3, -0.25) is 14.3 Å². The van der Waals surface area contributed by atoms with Gasteiger partial charge in [-0.1, -0.05) is 12.8 Å². The summed E-state index contributed by atoms with van der Waals surface area (Å²) >= 11 is 0. The van der Waals surface area contributed by atoms with E-state index in [-0.39, 0.29) is 23.8 Å². The molecule has 1 aromatic rings. The Balaban J connectivity index is 1.39. The van der Waals surface area contributed by atoms with Gasteiger partial charge >= 0.3 is 0 Å². The van der Waals surface area contributed by atoms with Crippen LogP contribution in [0, 0.1) is 5.92 Å². The van der Waals surface area contributed by atoms with Gasteiger partial charge in [0.25, 0.3) is 0 Å². The van der Waals surface area contributed by atoms with Gasteiger partial charge < -0.3 is 10.2 Å². The second kappa shape index (κ2) is 6.81. The summed E-state index contributed by atoms with van der Waals surface area (Å²) in [7, 11) is 1.94. The van der Waals surface area contributed by atoms with Crippen molar-refractivity contribution in [2.45, 2.75) is 69.9 Å². The SMILES string of the molecule is Cn1nc(C2CC2)cc1CNC(=O)[C@@H]1CCCC[C@@H]1N1CCCC1=O. The van der Waals surface area contributed by atoms with Crippen LogP contribution >= 0.6 is 0 Å². The van der Waals surface area contributed by atoms with Crippen molar-refractivity contribution in [3.8, 4) is 0 Å². The largest absolute Gasteiger partial charge is 0.350 e. The Morgan fingerprint density at radius 2 is 2.04 bits per heavy atom. The van der Waals surface area contributed by atoms with E-state index in [2.05, 4.69) is 16.5 Å². The molecule has 1 aromatic heterocycles. The summed E-state index contributed by atoms with van der Waals surface area (Å²) in [6, 6.07) is 2.22. The van der Waals surface area contributed by atoms with Crippen LogP contribution in [0.5, 0.6) is 0 Å². The number of hydrogen-bond donors (Lipinski definition) is 1. The molecule has 3 fully saturated rings. The third-order valence-electron chi connectivity index (χ3n) is 6.01. The number of amides is 2. The Bertz CT molecular complexity index is 664. The van der Waals surface area contributed by atoms with Crippen LogP contribution in [0.3, 0.4) is 0 Å². The normalized spacial score (nSPS) is 26.9. The Hall–Kier alpha value is -1.85. The topological polar surface area (TPSA) is 67.2 Å². The molecule has 1 N–H and O–H groups in total. The van der Waals surface area contributed by atoms with E-state index in [1.54, 1.807) is 0 Å². The zero-order valence-corrected chi connectivity index (χ0v) is 15.0. The van der Waals surface area contributed by atoms with E-state index in [0.29, 0.717) is 18.9 Å². The molecule has 136 valence electrons. The Kier molecular flexibility index (Phi) is 4.52. The van der Waals surface area contributed by atoms with Crippen LogP contribution in [-0.4, -0.2) is 39.1 Å². The summed E-state index contributed by atoms with van der Waals surface area (Å²) in [5.41, 5.74) is 2.21. The van der Waals surface area contributed by atoms with E-state index in [1.807, 2.05) is 16.6 Å². The molecule has 6 heteroatoms. The first-order chi connectivity index (χ1) is 12.1. The molecule has 2 saturated carbocycles. The predicted molar refractivity (Wildman–Crippen MR) is 93.7 cm³/mol. The molecule has 1 saturated heterocycles. The van der Waals surface area contributed by atoms with Crippen LogP contribution in [-0.2, 0) is 23.2 Å². The summed E-state index contributed by atoms with van der Waals surface area (Å²) in [5.74, 6) is 0.885. The van der Waals surface area contributed by atoms with Crippen molar-refractivity contribution in [2.75, 3.05) is 6.54 Å². The van der Waals surface area contributed by atoms with Crippen molar-refractivity contribution in [1.29, 1.82) is 0 Å². The third-order valence-corrected chi connectivity index (χ3v) is 6.01. The molecule has 2 atom stereocenters. The molecule has 6 nitrogen and oxygen atoms in total. The minimum absolute atomic E-state index is 0.0630. The molecule has 1 aliphatic heterocycles. The molecule has 4 rings (SSSR count). The summed E-state index contributed by atoms with van der Waals surface area (Å²) in [6.07, 6.45) is 8.08. The molecular weight excluding hydrogens is 316 g/mol. The number of likely N-dealkylation sites (tertiary alicyclic amines) is 1. The van der Waals surface area contributed by atoms with Crippen molar-refractivity contribution < 1.29 is 9.59 Å². The first-order valence-corrected chi connectivity index (χ1v) is 9.73. The van der Waals surface area contributed by atoms with Gasteiger partial charge in [-0.05, 0) is 38.2 Å². The molecule has 2 heterocycles. The van der Waals surface area contributed by atoms with Crippen LogP contribution < -0.4 is 5.32 Å². The number of aryl methyl sites for hydroxylation is 1. The van der Waals surface area contributed by atoms with Crippen molar-refractivity contribution in [3.63, 3.8) is 0 Å². The maximum Gasteiger partial charge on any atom is 0.225 e. The quantitative estimate of drug-likeness (QED) is 0.889. The highest BCUT2D eigenvalue weighted by Gasteiger charge is 2.38. The number of rotatable bonds is 5. The average Bonchev–Trinajstić information content (AvgIpc) is 3.28. The maximum absolute atomic E-state index is 12.8. The van der Waals surface area contributed by atoms with Crippen LogP contribution in [0.1, 0.15) is 68.7 Å². The lowest BCUT2D eigenvalue weighted by molar-refractivity contribution is -0.135. The van der Waals surface area contributed by atoms with E-state index >= 15 is 0 Å². The van der Waals surface area contributed by atoms with Gasteiger partial charge in [0.2, 0.25) is 11.8 Å². The van der Waals surface area contributed by atoms with Gasteiger partial charge in [0.05, 0.1) is 23.9 Å². The molecule has 0 unspecified atom stereocenters. The highest BCUT2D eigenvalue weighted by atomic mass is 16.2. The van der Waals surface area contributed by atoms with E-state index in [1.165, 1.54) is 12.8 Å². The third kappa shape index (κ3) is 3.44. The van der Waals surface area contributed by atoms with E-state index in [0.717, 1.165) is 50.0 Å². The maximum atomic E-state index is 12.8.